The topological polar surface area (TPSA) is 95.7 Å². The Balaban J connectivity index is 2.10. The lowest BCUT2D eigenvalue weighted by molar-refractivity contribution is -0.385. The molecule has 0 aromatic heterocycles. The largest absolute Gasteiger partial charge is 0.457 e. The van der Waals surface area contributed by atoms with Crippen LogP contribution in [0.4, 0.5) is 18.9 Å². The second-order valence-corrected chi connectivity index (χ2v) is 7.49. The monoisotopic (exact) mass is 419 g/mol. The third-order valence-corrected chi connectivity index (χ3v) is 4.80. The highest BCUT2D eigenvalue weighted by Gasteiger charge is 2.28. The van der Waals surface area contributed by atoms with E-state index in [9.17, 15) is 31.7 Å². The molecule has 2 aromatic carbocycles. The quantitative estimate of drug-likeness (QED) is 0.348. The number of hydrogen-bond donors (Lipinski definition) is 0. The average molecular weight is 419 g/mol. The first-order valence-corrected chi connectivity index (χ1v) is 9.55. The summed E-state index contributed by atoms with van der Waals surface area (Å²) in [5.41, 5.74) is 0.135. The highest BCUT2D eigenvalue weighted by atomic mass is 32.2. The van der Waals surface area contributed by atoms with Gasteiger partial charge in [0, 0.05) is 18.6 Å². The maximum absolute atomic E-state index is 12.1. The maximum Gasteiger partial charge on any atom is 0.389 e. The molecule has 2 rings (SSSR count). The lowest BCUT2D eigenvalue weighted by Crippen LogP contribution is -2.16. The Morgan fingerprint density at radius 2 is 1.75 bits per heavy atom. The second kappa shape index (κ2) is 8.46. The molecule has 0 spiro atoms. The molecule has 0 radical (unpaired) electrons. The van der Waals surface area contributed by atoms with Crippen molar-refractivity contribution in [1.29, 1.82) is 0 Å². The average Bonchev–Trinajstić information content (AvgIpc) is 2.55. The molecule has 0 aliphatic heterocycles. The van der Waals surface area contributed by atoms with Gasteiger partial charge in [0.1, 0.15) is 17.2 Å². The highest BCUT2D eigenvalue weighted by molar-refractivity contribution is 7.87. The van der Waals surface area contributed by atoms with E-state index in [0.717, 1.165) is 0 Å². The van der Waals surface area contributed by atoms with Crippen LogP contribution in [0, 0.1) is 17.0 Å². The Bertz CT molecular complexity index is 960. The smallest absolute Gasteiger partial charge is 0.389 e. The lowest BCUT2D eigenvalue weighted by Gasteiger charge is -2.11. The third kappa shape index (κ3) is 6.41. The number of hydrogen-bond acceptors (Lipinski definition) is 6. The molecule has 7 nitrogen and oxygen atoms in total. The summed E-state index contributed by atoms with van der Waals surface area (Å²) in [6, 6.07) is 9.67. The minimum atomic E-state index is -4.45. The number of alkyl halides is 3. The van der Waals surface area contributed by atoms with Crippen molar-refractivity contribution in [3.63, 3.8) is 0 Å². The Labute approximate surface area is 159 Å². The van der Waals surface area contributed by atoms with Gasteiger partial charge < -0.3 is 8.92 Å². The fourth-order valence-electron chi connectivity index (χ4n) is 2.27. The summed E-state index contributed by atoms with van der Waals surface area (Å²) in [5, 5.41) is 11.0. The molecule has 0 N–H and O–H groups in total. The molecule has 28 heavy (non-hydrogen) atoms. The van der Waals surface area contributed by atoms with Crippen LogP contribution in [-0.2, 0) is 10.1 Å². The molecular weight excluding hydrogens is 403 g/mol. The molecule has 0 unspecified atom stereocenters. The van der Waals surface area contributed by atoms with Crippen LogP contribution in [0.15, 0.2) is 42.5 Å². The molecule has 0 aliphatic rings. The standard InChI is InChI=1S/C17H16F3NO6S/c1-12-15(21(22)23)7-3-8-16(12)26-13-5-2-6-14(11-13)27-28(24,25)10-4-9-17(18,19)20/h2-3,5-8,11H,4,9-10H2,1H3. The van der Waals surface area contributed by atoms with Crippen molar-refractivity contribution in [2.24, 2.45) is 0 Å². The lowest BCUT2D eigenvalue weighted by atomic mass is 10.2. The van der Waals surface area contributed by atoms with E-state index in [0.29, 0.717) is 0 Å². The summed E-state index contributed by atoms with van der Waals surface area (Å²) in [6.07, 6.45) is -6.29. The molecular formula is C17H16F3NO6S. The fourth-order valence-corrected chi connectivity index (χ4v) is 3.24. The van der Waals surface area contributed by atoms with Gasteiger partial charge in [0.25, 0.3) is 5.69 Å². The molecule has 2 aromatic rings. The van der Waals surface area contributed by atoms with Gasteiger partial charge in [0.05, 0.1) is 16.2 Å². The predicted molar refractivity (Wildman–Crippen MR) is 94.1 cm³/mol. The predicted octanol–water partition coefficient (Wildman–Crippen LogP) is 4.75. The number of benzene rings is 2. The van der Waals surface area contributed by atoms with E-state index >= 15 is 0 Å². The molecule has 0 aliphatic carbocycles. The van der Waals surface area contributed by atoms with Gasteiger partial charge in [-0.3, -0.25) is 10.1 Å². The van der Waals surface area contributed by atoms with Gasteiger partial charge in [0.15, 0.2) is 0 Å². The van der Waals surface area contributed by atoms with Crippen LogP contribution in [0.1, 0.15) is 18.4 Å². The van der Waals surface area contributed by atoms with Crippen LogP contribution < -0.4 is 8.92 Å². The molecule has 0 atom stereocenters. The van der Waals surface area contributed by atoms with Crippen LogP contribution in [-0.4, -0.2) is 25.3 Å². The molecule has 0 amide bonds. The number of rotatable bonds is 8. The molecule has 0 fully saturated rings. The highest BCUT2D eigenvalue weighted by Crippen LogP contribution is 2.32. The first-order chi connectivity index (χ1) is 13.0. The van der Waals surface area contributed by atoms with Gasteiger partial charge in [-0.15, -0.1) is 0 Å². The van der Waals surface area contributed by atoms with E-state index in [1.165, 1.54) is 49.4 Å². The zero-order chi connectivity index (χ0) is 20.9. The fraction of sp³-hybridized carbons (Fsp3) is 0.294. The summed E-state index contributed by atoms with van der Waals surface area (Å²) in [5.74, 6) is -0.597. The SMILES string of the molecule is Cc1c(Oc2cccc(OS(=O)(=O)CCCC(F)(F)F)c2)cccc1[N+](=O)[O-]. The van der Waals surface area contributed by atoms with E-state index in [2.05, 4.69) is 0 Å². The Morgan fingerprint density at radius 3 is 2.39 bits per heavy atom. The normalized spacial score (nSPS) is 11.9. The summed E-state index contributed by atoms with van der Waals surface area (Å²) < 4.78 is 70.4. The van der Waals surface area contributed by atoms with E-state index in [1.807, 2.05) is 0 Å². The van der Waals surface area contributed by atoms with Gasteiger partial charge in [-0.25, -0.2) is 0 Å². The van der Waals surface area contributed by atoms with Crippen LogP contribution >= 0.6 is 0 Å². The minimum absolute atomic E-state index is 0.142. The summed E-state index contributed by atoms with van der Waals surface area (Å²) in [4.78, 5) is 10.4. The minimum Gasteiger partial charge on any atom is -0.457 e. The van der Waals surface area contributed by atoms with Gasteiger partial charge >= 0.3 is 16.3 Å². The van der Waals surface area contributed by atoms with E-state index in [1.54, 1.807) is 0 Å². The number of nitro groups is 1. The second-order valence-electron chi connectivity index (χ2n) is 5.80. The van der Waals surface area contributed by atoms with E-state index in [4.69, 9.17) is 8.92 Å². The van der Waals surface area contributed by atoms with E-state index in [-0.39, 0.29) is 28.5 Å². The van der Waals surface area contributed by atoms with Crippen molar-refractivity contribution in [2.75, 3.05) is 5.75 Å². The third-order valence-electron chi connectivity index (χ3n) is 3.56. The number of nitro benzene ring substituents is 1. The van der Waals surface area contributed by atoms with Gasteiger partial charge in [0.2, 0.25) is 0 Å². The van der Waals surface area contributed by atoms with E-state index < -0.39 is 39.8 Å². The van der Waals surface area contributed by atoms with Crippen molar-refractivity contribution in [3.8, 4) is 17.2 Å². The summed E-state index contributed by atoms with van der Waals surface area (Å²) in [6.45, 7) is 1.50. The van der Waals surface area contributed by atoms with Crippen molar-refractivity contribution >= 4 is 15.8 Å². The van der Waals surface area contributed by atoms with Crippen molar-refractivity contribution in [2.45, 2.75) is 25.9 Å². The zero-order valence-electron chi connectivity index (χ0n) is 14.6. The molecule has 0 bridgehead atoms. The van der Waals surface area contributed by atoms with Crippen LogP contribution in [0.2, 0.25) is 0 Å². The number of halogens is 3. The Kier molecular flexibility index (Phi) is 6.49. The van der Waals surface area contributed by atoms with Crippen LogP contribution in [0.25, 0.3) is 0 Å². The Hall–Kier alpha value is -2.82. The molecule has 152 valence electrons. The van der Waals surface area contributed by atoms with Gasteiger partial charge in [-0.1, -0.05) is 12.1 Å². The van der Waals surface area contributed by atoms with Crippen LogP contribution in [0.3, 0.4) is 0 Å². The number of nitrogens with zero attached hydrogens (tertiary/aromatic N) is 1. The molecule has 0 heterocycles. The first kappa shape index (κ1) is 21.5. The molecule has 0 saturated carbocycles. The maximum atomic E-state index is 12.1. The molecule has 11 heteroatoms. The van der Waals surface area contributed by atoms with Gasteiger partial charge in [-0.05, 0) is 31.5 Å². The van der Waals surface area contributed by atoms with Gasteiger partial charge in [-0.2, -0.15) is 21.6 Å². The van der Waals surface area contributed by atoms with Crippen molar-refractivity contribution < 1.29 is 35.4 Å². The van der Waals surface area contributed by atoms with Crippen molar-refractivity contribution in [3.05, 3.63) is 58.1 Å². The summed E-state index contributed by atoms with van der Waals surface area (Å²) >= 11 is 0. The van der Waals surface area contributed by atoms with Crippen molar-refractivity contribution in [1.82, 2.24) is 0 Å². The van der Waals surface area contributed by atoms with Crippen LogP contribution in [0.5, 0.6) is 17.2 Å². The molecule has 0 saturated heterocycles. The Morgan fingerprint density at radius 1 is 1.11 bits per heavy atom. The first-order valence-electron chi connectivity index (χ1n) is 7.98. The number of ether oxygens (including phenoxy) is 1. The zero-order valence-corrected chi connectivity index (χ0v) is 15.4. The summed E-state index contributed by atoms with van der Waals surface area (Å²) in [7, 11) is -4.22.